The Hall–Kier alpha value is -0.780. The average Bonchev–Trinajstić information content (AvgIpc) is 2.76. The molecule has 2 nitrogen and oxygen atoms in total. The molecule has 1 saturated heterocycles. The number of hydrogen-bond acceptors (Lipinski definition) is 2. The van der Waals surface area contributed by atoms with Crippen LogP contribution in [0.15, 0.2) is 24.3 Å². The highest BCUT2D eigenvalue weighted by Crippen LogP contribution is 2.30. The van der Waals surface area contributed by atoms with Gasteiger partial charge in [0.25, 0.3) is 0 Å². The molecule has 1 aliphatic heterocycles. The van der Waals surface area contributed by atoms with Crippen molar-refractivity contribution in [2.24, 2.45) is 5.92 Å². The van der Waals surface area contributed by atoms with Crippen molar-refractivity contribution in [3.8, 4) is 0 Å². The summed E-state index contributed by atoms with van der Waals surface area (Å²) < 4.78 is 37.9. The fourth-order valence-corrected chi connectivity index (χ4v) is 2.62. The van der Waals surface area contributed by atoms with Gasteiger partial charge in [-0.2, -0.15) is 13.2 Å². The molecule has 0 aromatic heterocycles. The maximum absolute atomic E-state index is 12.6. The van der Waals surface area contributed by atoms with Crippen LogP contribution >= 0.6 is 12.4 Å². The van der Waals surface area contributed by atoms with Crippen LogP contribution in [0.3, 0.4) is 0 Å². The first kappa shape index (κ1) is 17.3. The van der Waals surface area contributed by atoms with Gasteiger partial charge in [-0.1, -0.05) is 18.2 Å². The molecular formula is C14H20ClF3N2. The summed E-state index contributed by atoms with van der Waals surface area (Å²) in [6.45, 7) is 3.49. The topological polar surface area (TPSA) is 15.3 Å². The Kier molecular flexibility index (Phi) is 6.30. The van der Waals surface area contributed by atoms with Gasteiger partial charge in [0.05, 0.1) is 5.56 Å². The number of alkyl halides is 3. The van der Waals surface area contributed by atoms with E-state index in [0.717, 1.165) is 37.7 Å². The second-order valence-corrected chi connectivity index (χ2v) is 5.15. The molecule has 1 atom stereocenters. The van der Waals surface area contributed by atoms with E-state index in [-0.39, 0.29) is 12.4 Å². The molecule has 1 aliphatic rings. The Morgan fingerprint density at radius 2 is 2.10 bits per heavy atom. The van der Waals surface area contributed by atoms with Gasteiger partial charge in [-0.25, -0.2) is 0 Å². The molecule has 114 valence electrons. The third kappa shape index (κ3) is 4.65. The van der Waals surface area contributed by atoms with Gasteiger partial charge in [0, 0.05) is 13.1 Å². The smallest absolute Gasteiger partial charge is 0.319 e. The number of benzene rings is 1. The van der Waals surface area contributed by atoms with Crippen LogP contribution < -0.4 is 5.32 Å². The average molecular weight is 309 g/mol. The number of rotatable bonds is 4. The lowest BCUT2D eigenvalue weighted by molar-refractivity contribution is -0.137. The summed E-state index contributed by atoms with van der Waals surface area (Å²) in [5.41, 5.74) is 0.177. The van der Waals surface area contributed by atoms with Crippen LogP contribution in [-0.2, 0) is 12.7 Å². The largest absolute Gasteiger partial charge is 0.416 e. The Bertz CT molecular complexity index is 423. The van der Waals surface area contributed by atoms with E-state index in [1.165, 1.54) is 12.1 Å². The Morgan fingerprint density at radius 1 is 1.35 bits per heavy atom. The minimum absolute atomic E-state index is 0. The van der Waals surface area contributed by atoms with E-state index in [1.807, 2.05) is 7.05 Å². The van der Waals surface area contributed by atoms with Crippen LogP contribution in [0.1, 0.15) is 17.5 Å². The highest BCUT2D eigenvalue weighted by molar-refractivity contribution is 5.85. The predicted octanol–water partition coefficient (Wildman–Crippen LogP) is 3.17. The Labute approximate surface area is 123 Å². The van der Waals surface area contributed by atoms with E-state index >= 15 is 0 Å². The molecule has 1 aromatic carbocycles. The molecule has 0 bridgehead atoms. The number of hydrogen-bond donors (Lipinski definition) is 1. The molecule has 1 N–H and O–H groups in total. The van der Waals surface area contributed by atoms with E-state index in [4.69, 9.17) is 0 Å². The molecule has 2 rings (SSSR count). The van der Waals surface area contributed by atoms with E-state index in [0.29, 0.717) is 12.5 Å². The van der Waals surface area contributed by atoms with Crippen molar-refractivity contribution in [2.75, 3.05) is 26.7 Å². The lowest BCUT2D eigenvalue weighted by atomic mass is 10.1. The van der Waals surface area contributed by atoms with Crippen molar-refractivity contribution < 1.29 is 13.2 Å². The number of halogens is 4. The summed E-state index contributed by atoms with van der Waals surface area (Å²) >= 11 is 0. The molecule has 0 saturated carbocycles. The highest BCUT2D eigenvalue weighted by Gasteiger charge is 2.30. The normalized spacial score (nSPS) is 19.9. The van der Waals surface area contributed by atoms with Crippen LogP contribution in [0, 0.1) is 5.92 Å². The summed E-state index contributed by atoms with van der Waals surface area (Å²) in [5.74, 6) is 0.607. The molecule has 1 unspecified atom stereocenters. The summed E-state index contributed by atoms with van der Waals surface area (Å²) in [4.78, 5) is 2.22. The van der Waals surface area contributed by atoms with Crippen LogP contribution in [0.5, 0.6) is 0 Å². The van der Waals surface area contributed by atoms with Gasteiger partial charge in [0.1, 0.15) is 0 Å². The molecule has 0 amide bonds. The summed E-state index contributed by atoms with van der Waals surface area (Å²) in [6.07, 6.45) is -3.14. The number of likely N-dealkylation sites (tertiary alicyclic amines) is 1. The molecule has 0 radical (unpaired) electrons. The lowest BCUT2D eigenvalue weighted by Gasteiger charge is -2.17. The summed E-state index contributed by atoms with van der Waals surface area (Å²) in [5, 5.41) is 3.15. The van der Waals surface area contributed by atoms with Gasteiger partial charge in [0.15, 0.2) is 0 Å². The zero-order chi connectivity index (χ0) is 13.9. The molecule has 20 heavy (non-hydrogen) atoms. The molecule has 6 heteroatoms. The van der Waals surface area contributed by atoms with Crippen LogP contribution in [-0.4, -0.2) is 31.6 Å². The quantitative estimate of drug-likeness (QED) is 0.919. The van der Waals surface area contributed by atoms with Crippen LogP contribution in [0.2, 0.25) is 0 Å². The van der Waals surface area contributed by atoms with E-state index in [1.54, 1.807) is 6.07 Å². The first-order chi connectivity index (χ1) is 8.99. The molecule has 0 aliphatic carbocycles. The van der Waals surface area contributed by atoms with Gasteiger partial charge in [0.2, 0.25) is 0 Å². The fraction of sp³-hybridized carbons (Fsp3) is 0.571. The van der Waals surface area contributed by atoms with Crippen molar-refractivity contribution >= 4 is 12.4 Å². The summed E-state index contributed by atoms with van der Waals surface area (Å²) in [7, 11) is 1.93. The minimum atomic E-state index is -4.25. The van der Waals surface area contributed by atoms with Crippen molar-refractivity contribution in [1.82, 2.24) is 10.2 Å². The van der Waals surface area contributed by atoms with Crippen LogP contribution in [0.4, 0.5) is 13.2 Å². The van der Waals surface area contributed by atoms with Crippen molar-refractivity contribution in [1.29, 1.82) is 0 Å². The molecule has 0 spiro atoms. The predicted molar refractivity (Wildman–Crippen MR) is 76.0 cm³/mol. The van der Waals surface area contributed by atoms with Gasteiger partial charge >= 0.3 is 6.18 Å². The second kappa shape index (κ2) is 7.29. The third-order valence-electron chi connectivity index (χ3n) is 3.52. The second-order valence-electron chi connectivity index (χ2n) is 5.15. The first-order valence-electron chi connectivity index (χ1n) is 6.52. The van der Waals surface area contributed by atoms with Crippen molar-refractivity contribution in [3.05, 3.63) is 35.4 Å². The van der Waals surface area contributed by atoms with E-state index in [9.17, 15) is 13.2 Å². The third-order valence-corrected chi connectivity index (χ3v) is 3.52. The molecular weight excluding hydrogens is 289 g/mol. The van der Waals surface area contributed by atoms with Gasteiger partial charge in [-0.15, -0.1) is 12.4 Å². The Balaban J connectivity index is 0.00000200. The zero-order valence-corrected chi connectivity index (χ0v) is 12.2. The summed E-state index contributed by atoms with van der Waals surface area (Å²) in [6, 6.07) is 5.63. The van der Waals surface area contributed by atoms with Crippen molar-refractivity contribution in [2.45, 2.75) is 19.1 Å². The van der Waals surface area contributed by atoms with Gasteiger partial charge in [-0.05, 0) is 44.1 Å². The lowest BCUT2D eigenvalue weighted by Crippen LogP contribution is -2.24. The number of nitrogens with zero attached hydrogens (tertiary/aromatic N) is 1. The first-order valence-corrected chi connectivity index (χ1v) is 6.52. The molecule has 1 aromatic rings. The van der Waals surface area contributed by atoms with Crippen molar-refractivity contribution in [3.63, 3.8) is 0 Å². The minimum Gasteiger partial charge on any atom is -0.319 e. The van der Waals surface area contributed by atoms with Gasteiger partial charge < -0.3 is 5.32 Å². The molecule has 1 fully saturated rings. The maximum atomic E-state index is 12.6. The fourth-order valence-electron chi connectivity index (χ4n) is 2.62. The highest BCUT2D eigenvalue weighted by atomic mass is 35.5. The van der Waals surface area contributed by atoms with Gasteiger partial charge in [-0.3, -0.25) is 4.90 Å². The van der Waals surface area contributed by atoms with E-state index < -0.39 is 11.7 Å². The monoisotopic (exact) mass is 308 g/mol. The SMILES string of the molecule is CNCC1CCN(Cc2cccc(C(F)(F)F)c2)C1.Cl. The van der Waals surface area contributed by atoms with E-state index in [2.05, 4.69) is 10.2 Å². The Morgan fingerprint density at radius 3 is 2.75 bits per heavy atom. The maximum Gasteiger partial charge on any atom is 0.416 e. The molecule has 1 heterocycles. The van der Waals surface area contributed by atoms with Crippen LogP contribution in [0.25, 0.3) is 0 Å². The standard InChI is InChI=1S/C14H19F3N2.ClH/c1-18-8-12-5-6-19(10-12)9-11-3-2-4-13(7-11)14(15,16)17;/h2-4,7,12,18H,5-6,8-10H2,1H3;1H. The number of nitrogens with one attached hydrogen (secondary N) is 1. The zero-order valence-electron chi connectivity index (χ0n) is 11.4.